The molecule has 1 amide bonds. The van der Waals surface area contributed by atoms with E-state index in [2.05, 4.69) is 32.9 Å². The summed E-state index contributed by atoms with van der Waals surface area (Å²) in [6, 6.07) is 21.7. The Balaban J connectivity index is 1.68. The summed E-state index contributed by atoms with van der Waals surface area (Å²) in [5, 5.41) is 0.713. The Bertz CT molecular complexity index is 1190. The number of nitrogens with zero attached hydrogens (tertiary/aromatic N) is 2. The summed E-state index contributed by atoms with van der Waals surface area (Å²) in [5.41, 5.74) is 4.92. The summed E-state index contributed by atoms with van der Waals surface area (Å²) in [6.45, 7) is 7.45. The van der Waals surface area contributed by atoms with Crippen LogP contribution >= 0.6 is 11.3 Å². The maximum absolute atomic E-state index is 13.8. The van der Waals surface area contributed by atoms with Gasteiger partial charge in [0.05, 0.1) is 23.4 Å². The van der Waals surface area contributed by atoms with Crippen molar-refractivity contribution in [3.63, 3.8) is 0 Å². The van der Waals surface area contributed by atoms with Crippen molar-refractivity contribution in [2.24, 2.45) is 0 Å². The highest BCUT2D eigenvalue weighted by atomic mass is 32.1. The molecule has 0 fully saturated rings. The highest BCUT2D eigenvalue weighted by Gasteiger charge is 2.23. The largest absolute Gasteiger partial charge is 0.494 e. The summed E-state index contributed by atoms with van der Waals surface area (Å²) in [7, 11) is 0. The quantitative estimate of drug-likeness (QED) is 0.247. The second-order valence-corrected chi connectivity index (χ2v) is 9.31. The number of fused-ring (bicyclic) bond motifs is 1. The van der Waals surface area contributed by atoms with Gasteiger partial charge in [-0.25, -0.2) is 4.98 Å². The second-order valence-electron chi connectivity index (χ2n) is 8.33. The van der Waals surface area contributed by atoms with Crippen LogP contribution in [0.3, 0.4) is 0 Å². The molecule has 0 saturated heterocycles. The molecule has 0 spiro atoms. The molecule has 1 heterocycles. The maximum Gasteiger partial charge on any atom is 0.260 e. The molecule has 0 radical (unpaired) electrons. The minimum atomic E-state index is -0.0766. The van der Waals surface area contributed by atoms with Crippen LogP contribution in [0.15, 0.2) is 66.7 Å². The third-order valence-corrected chi connectivity index (χ3v) is 6.90. The van der Waals surface area contributed by atoms with Gasteiger partial charge < -0.3 is 4.74 Å². The average molecular weight is 459 g/mol. The summed E-state index contributed by atoms with van der Waals surface area (Å²) >= 11 is 1.57. The van der Waals surface area contributed by atoms with Crippen molar-refractivity contribution in [2.75, 3.05) is 11.5 Å². The van der Waals surface area contributed by atoms with Crippen LogP contribution in [0.5, 0.6) is 5.75 Å². The number of hydrogen-bond acceptors (Lipinski definition) is 4. The van der Waals surface area contributed by atoms with Gasteiger partial charge in [-0.1, -0.05) is 79.6 Å². The van der Waals surface area contributed by atoms with Crippen molar-refractivity contribution in [2.45, 2.75) is 46.6 Å². The Morgan fingerprint density at radius 2 is 1.76 bits per heavy atom. The van der Waals surface area contributed by atoms with E-state index in [0.717, 1.165) is 46.4 Å². The molecule has 0 unspecified atom stereocenters. The number of carbonyl (C=O) groups is 1. The van der Waals surface area contributed by atoms with Crippen LogP contribution in [0.2, 0.25) is 0 Å². The first-order chi connectivity index (χ1) is 16.1. The van der Waals surface area contributed by atoms with Crippen molar-refractivity contribution in [1.82, 2.24) is 4.98 Å². The standard InChI is InChI=1S/C28H30N2O2S/c1-4-5-9-17-32-24-14-10-13-23(18-24)27(31)30(19-22-11-7-6-8-12-22)28-29-25-20(2)15-16-21(3)26(25)33-28/h6-8,10-16,18H,4-5,9,17,19H2,1-3H3. The van der Waals surface area contributed by atoms with E-state index in [0.29, 0.717) is 23.8 Å². The molecule has 0 aliphatic rings. The van der Waals surface area contributed by atoms with E-state index in [1.807, 2.05) is 54.6 Å². The van der Waals surface area contributed by atoms with Crippen molar-refractivity contribution in [3.05, 3.63) is 89.0 Å². The lowest BCUT2D eigenvalue weighted by molar-refractivity contribution is 0.0984. The van der Waals surface area contributed by atoms with Crippen LogP contribution in [0.1, 0.15) is 53.2 Å². The number of aromatic nitrogens is 1. The minimum absolute atomic E-state index is 0.0766. The molecular weight excluding hydrogens is 428 g/mol. The first-order valence-corrected chi connectivity index (χ1v) is 12.3. The highest BCUT2D eigenvalue weighted by molar-refractivity contribution is 7.22. The highest BCUT2D eigenvalue weighted by Crippen LogP contribution is 2.34. The van der Waals surface area contributed by atoms with Crippen molar-refractivity contribution < 1.29 is 9.53 Å². The normalized spacial score (nSPS) is 11.0. The molecule has 3 aromatic carbocycles. The number of unbranched alkanes of at least 4 members (excludes halogenated alkanes) is 2. The zero-order valence-corrected chi connectivity index (χ0v) is 20.3. The number of anilines is 1. The molecule has 0 N–H and O–H groups in total. The zero-order chi connectivity index (χ0) is 23.2. The molecule has 4 nitrogen and oxygen atoms in total. The fourth-order valence-electron chi connectivity index (χ4n) is 3.77. The van der Waals surface area contributed by atoms with Gasteiger partial charge in [0.1, 0.15) is 5.75 Å². The summed E-state index contributed by atoms with van der Waals surface area (Å²) < 4.78 is 7.03. The van der Waals surface area contributed by atoms with E-state index in [4.69, 9.17) is 9.72 Å². The van der Waals surface area contributed by atoms with Gasteiger partial charge >= 0.3 is 0 Å². The summed E-state index contributed by atoms with van der Waals surface area (Å²) in [6.07, 6.45) is 3.30. The van der Waals surface area contributed by atoms with E-state index in [1.54, 1.807) is 16.2 Å². The second kappa shape index (κ2) is 10.6. The number of ether oxygens (including phenoxy) is 1. The summed E-state index contributed by atoms with van der Waals surface area (Å²) in [4.78, 5) is 20.4. The van der Waals surface area contributed by atoms with Gasteiger partial charge in [-0.3, -0.25) is 9.69 Å². The number of hydrogen-bond donors (Lipinski definition) is 0. The van der Waals surface area contributed by atoms with Gasteiger partial charge in [0, 0.05) is 5.56 Å². The molecule has 5 heteroatoms. The lowest BCUT2D eigenvalue weighted by Gasteiger charge is -2.20. The van der Waals surface area contributed by atoms with Crippen LogP contribution in [0, 0.1) is 13.8 Å². The fourth-order valence-corrected chi connectivity index (χ4v) is 4.88. The van der Waals surface area contributed by atoms with Gasteiger partial charge in [-0.15, -0.1) is 0 Å². The van der Waals surface area contributed by atoms with E-state index in [-0.39, 0.29) is 5.91 Å². The van der Waals surface area contributed by atoms with E-state index in [9.17, 15) is 4.79 Å². The topological polar surface area (TPSA) is 42.4 Å². The number of rotatable bonds is 9. The first kappa shape index (κ1) is 23.0. The molecular formula is C28H30N2O2S. The molecule has 4 rings (SSSR count). The molecule has 33 heavy (non-hydrogen) atoms. The molecule has 1 aromatic heterocycles. The smallest absolute Gasteiger partial charge is 0.260 e. The Labute approximate surface area is 199 Å². The Morgan fingerprint density at radius 3 is 2.52 bits per heavy atom. The fraction of sp³-hybridized carbons (Fsp3) is 0.286. The molecule has 0 aliphatic carbocycles. The lowest BCUT2D eigenvalue weighted by Crippen LogP contribution is -2.30. The molecule has 0 atom stereocenters. The van der Waals surface area contributed by atoms with Crippen molar-refractivity contribution >= 4 is 32.6 Å². The maximum atomic E-state index is 13.8. The Kier molecular flexibility index (Phi) is 7.40. The molecule has 0 bridgehead atoms. The number of thiazole rings is 1. The third-order valence-electron chi connectivity index (χ3n) is 5.69. The number of amides is 1. The summed E-state index contributed by atoms with van der Waals surface area (Å²) in [5.74, 6) is 0.653. The van der Waals surface area contributed by atoms with Crippen LogP contribution in [-0.2, 0) is 6.54 Å². The zero-order valence-electron chi connectivity index (χ0n) is 19.5. The van der Waals surface area contributed by atoms with E-state index < -0.39 is 0 Å². The molecule has 4 aromatic rings. The van der Waals surface area contributed by atoms with Gasteiger partial charge in [-0.2, -0.15) is 0 Å². The average Bonchev–Trinajstić information content (AvgIpc) is 3.30. The third kappa shape index (κ3) is 5.42. The number of benzene rings is 3. The predicted octanol–water partition coefficient (Wildman–Crippen LogP) is 7.33. The monoisotopic (exact) mass is 458 g/mol. The number of carbonyl (C=O) groups excluding carboxylic acids is 1. The van der Waals surface area contributed by atoms with Gasteiger partial charge in [-0.05, 0) is 55.2 Å². The van der Waals surface area contributed by atoms with Crippen LogP contribution in [0.4, 0.5) is 5.13 Å². The van der Waals surface area contributed by atoms with Crippen LogP contribution in [-0.4, -0.2) is 17.5 Å². The Morgan fingerprint density at radius 1 is 0.970 bits per heavy atom. The van der Waals surface area contributed by atoms with Gasteiger partial charge in [0.15, 0.2) is 5.13 Å². The van der Waals surface area contributed by atoms with Crippen LogP contribution in [0.25, 0.3) is 10.2 Å². The van der Waals surface area contributed by atoms with Crippen LogP contribution < -0.4 is 9.64 Å². The molecule has 170 valence electrons. The van der Waals surface area contributed by atoms with E-state index in [1.165, 1.54) is 5.56 Å². The molecule has 0 saturated carbocycles. The van der Waals surface area contributed by atoms with Gasteiger partial charge in [0.25, 0.3) is 5.91 Å². The molecule has 0 aliphatic heterocycles. The first-order valence-electron chi connectivity index (χ1n) is 11.5. The van der Waals surface area contributed by atoms with Crippen molar-refractivity contribution in [3.8, 4) is 5.75 Å². The van der Waals surface area contributed by atoms with Gasteiger partial charge in [0.2, 0.25) is 0 Å². The lowest BCUT2D eigenvalue weighted by atomic mass is 10.1. The van der Waals surface area contributed by atoms with E-state index >= 15 is 0 Å². The SMILES string of the molecule is CCCCCOc1cccc(C(=O)N(Cc2ccccc2)c2nc3c(C)ccc(C)c3s2)c1. The Hall–Kier alpha value is -3.18. The minimum Gasteiger partial charge on any atom is -0.494 e. The number of aryl methyl sites for hydroxylation is 2. The van der Waals surface area contributed by atoms with Crippen molar-refractivity contribution in [1.29, 1.82) is 0 Å². The predicted molar refractivity (Wildman–Crippen MR) is 138 cm³/mol.